The van der Waals surface area contributed by atoms with Crippen LogP contribution >= 0.6 is 0 Å². The summed E-state index contributed by atoms with van der Waals surface area (Å²) in [6, 6.07) is 7.35. The summed E-state index contributed by atoms with van der Waals surface area (Å²) >= 11 is 0. The molecular formula is C14H21NO2. The van der Waals surface area contributed by atoms with Gasteiger partial charge in [0, 0.05) is 18.9 Å². The standard InChI is InChI=1S/C14H21NO2/c1-11(2)15-8-4-7-14(17)10-12-5-3-6-13(16)9-12/h3,5-6,9,11,15-16H,4,7-8,10H2,1-2H3. The predicted octanol–water partition coefficient (Wildman–Crippen LogP) is 2.28. The SMILES string of the molecule is CC(C)NCCCC(=O)Cc1cccc(O)c1. The van der Waals surface area contributed by atoms with Gasteiger partial charge in [0.15, 0.2) is 0 Å². The van der Waals surface area contributed by atoms with Crippen molar-refractivity contribution in [1.82, 2.24) is 5.32 Å². The minimum Gasteiger partial charge on any atom is -0.508 e. The van der Waals surface area contributed by atoms with Gasteiger partial charge in [-0.05, 0) is 30.7 Å². The molecule has 0 saturated carbocycles. The number of hydrogen-bond acceptors (Lipinski definition) is 3. The fraction of sp³-hybridized carbons (Fsp3) is 0.500. The number of rotatable bonds is 7. The predicted molar refractivity (Wildman–Crippen MR) is 69.2 cm³/mol. The number of carbonyl (C=O) groups excluding carboxylic acids is 1. The Morgan fingerprint density at radius 3 is 2.82 bits per heavy atom. The fourth-order valence-electron chi connectivity index (χ4n) is 1.66. The largest absolute Gasteiger partial charge is 0.508 e. The fourth-order valence-corrected chi connectivity index (χ4v) is 1.66. The molecule has 0 aliphatic carbocycles. The average Bonchev–Trinajstić information content (AvgIpc) is 2.24. The number of Topliss-reactive ketones (excluding diaryl/α,β-unsaturated/α-hetero) is 1. The molecule has 0 saturated heterocycles. The van der Waals surface area contributed by atoms with Gasteiger partial charge in [0.1, 0.15) is 11.5 Å². The smallest absolute Gasteiger partial charge is 0.137 e. The third-order valence-electron chi connectivity index (χ3n) is 2.50. The molecule has 2 N–H and O–H groups in total. The summed E-state index contributed by atoms with van der Waals surface area (Å²) in [6.07, 6.45) is 1.88. The first kappa shape index (κ1) is 13.7. The molecule has 0 amide bonds. The van der Waals surface area contributed by atoms with Crippen LogP contribution in [0.5, 0.6) is 5.75 Å². The van der Waals surface area contributed by atoms with Crippen LogP contribution in [0.2, 0.25) is 0 Å². The molecule has 0 bridgehead atoms. The highest BCUT2D eigenvalue weighted by molar-refractivity contribution is 5.80. The molecular weight excluding hydrogens is 214 g/mol. The van der Waals surface area contributed by atoms with Gasteiger partial charge in [0.2, 0.25) is 0 Å². The van der Waals surface area contributed by atoms with Crippen molar-refractivity contribution in [1.29, 1.82) is 0 Å². The summed E-state index contributed by atoms with van der Waals surface area (Å²) in [5, 5.41) is 12.6. The van der Waals surface area contributed by atoms with Crippen LogP contribution in [0.3, 0.4) is 0 Å². The number of ketones is 1. The topological polar surface area (TPSA) is 49.3 Å². The van der Waals surface area contributed by atoms with Crippen LogP contribution in [-0.2, 0) is 11.2 Å². The Morgan fingerprint density at radius 2 is 2.18 bits per heavy atom. The summed E-state index contributed by atoms with van der Waals surface area (Å²) in [5.41, 5.74) is 0.881. The lowest BCUT2D eigenvalue weighted by Gasteiger charge is -2.07. The van der Waals surface area contributed by atoms with Crippen LogP contribution in [-0.4, -0.2) is 23.5 Å². The minimum atomic E-state index is 0.219. The van der Waals surface area contributed by atoms with Crippen molar-refractivity contribution >= 4 is 5.78 Å². The normalized spacial score (nSPS) is 10.8. The van der Waals surface area contributed by atoms with E-state index < -0.39 is 0 Å². The Kier molecular flexibility index (Phi) is 5.70. The van der Waals surface area contributed by atoms with Crippen molar-refractivity contribution in [2.75, 3.05) is 6.54 Å². The van der Waals surface area contributed by atoms with Gasteiger partial charge in [-0.25, -0.2) is 0 Å². The van der Waals surface area contributed by atoms with Gasteiger partial charge in [-0.2, -0.15) is 0 Å². The van der Waals surface area contributed by atoms with Gasteiger partial charge in [0.25, 0.3) is 0 Å². The van der Waals surface area contributed by atoms with Crippen LogP contribution in [0, 0.1) is 0 Å². The number of hydrogen-bond donors (Lipinski definition) is 2. The summed E-state index contributed by atoms with van der Waals surface area (Å²) < 4.78 is 0. The summed E-state index contributed by atoms with van der Waals surface area (Å²) in [7, 11) is 0. The Labute approximate surface area is 103 Å². The second kappa shape index (κ2) is 7.07. The van der Waals surface area contributed by atoms with E-state index in [4.69, 9.17) is 0 Å². The third-order valence-corrected chi connectivity index (χ3v) is 2.50. The zero-order chi connectivity index (χ0) is 12.7. The van der Waals surface area contributed by atoms with Crippen LogP contribution in [0.1, 0.15) is 32.3 Å². The molecule has 1 aromatic rings. The van der Waals surface area contributed by atoms with Gasteiger partial charge in [-0.3, -0.25) is 4.79 Å². The average molecular weight is 235 g/mol. The van der Waals surface area contributed by atoms with Crippen molar-refractivity contribution in [3.63, 3.8) is 0 Å². The molecule has 1 aromatic carbocycles. The molecule has 0 spiro atoms. The second-order valence-corrected chi connectivity index (χ2v) is 4.60. The zero-order valence-electron chi connectivity index (χ0n) is 10.6. The first-order chi connectivity index (χ1) is 8.08. The molecule has 3 heteroatoms. The molecule has 0 radical (unpaired) electrons. The number of carbonyl (C=O) groups is 1. The minimum absolute atomic E-state index is 0.219. The van der Waals surface area contributed by atoms with E-state index in [9.17, 15) is 9.90 Å². The van der Waals surface area contributed by atoms with E-state index in [0.717, 1.165) is 18.5 Å². The van der Waals surface area contributed by atoms with Crippen molar-refractivity contribution in [2.45, 2.75) is 39.2 Å². The molecule has 3 nitrogen and oxygen atoms in total. The number of nitrogens with one attached hydrogen (secondary N) is 1. The highest BCUT2D eigenvalue weighted by atomic mass is 16.3. The highest BCUT2D eigenvalue weighted by Gasteiger charge is 2.04. The highest BCUT2D eigenvalue weighted by Crippen LogP contribution is 2.12. The third kappa shape index (κ3) is 6.07. The molecule has 17 heavy (non-hydrogen) atoms. The Hall–Kier alpha value is -1.35. The van der Waals surface area contributed by atoms with E-state index in [-0.39, 0.29) is 11.5 Å². The van der Waals surface area contributed by atoms with E-state index in [0.29, 0.717) is 18.9 Å². The molecule has 0 aromatic heterocycles. The van der Waals surface area contributed by atoms with Gasteiger partial charge in [-0.15, -0.1) is 0 Å². The van der Waals surface area contributed by atoms with Crippen molar-refractivity contribution in [3.05, 3.63) is 29.8 Å². The van der Waals surface area contributed by atoms with Crippen LogP contribution in [0.15, 0.2) is 24.3 Å². The van der Waals surface area contributed by atoms with Crippen LogP contribution < -0.4 is 5.32 Å². The second-order valence-electron chi connectivity index (χ2n) is 4.60. The lowest BCUT2D eigenvalue weighted by Crippen LogP contribution is -2.24. The number of aromatic hydroxyl groups is 1. The first-order valence-corrected chi connectivity index (χ1v) is 6.11. The quantitative estimate of drug-likeness (QED) is 0.713. The maximum atomic E-state index is 11.7. The maximum absolute atomic E-state index is 11.7. The Bertz CT molecular complexity index is 361. The first-order valence-electron chi connectivity index (χ1n) is 6.11. The van der Waals surface area contributed by atoms with Gasteiger partial charge in [-0.1, -0.05) is 26.0 Å². The van der Waals surface area contributed by atoms with E-state index in [1.807, 2.05) is 6.07 Å². The monoisotopic (exact) mass is 235 g/mol. The zero-order valence-corrected chi connectivity index (χ0v) is 10.6. The Balaban J connectivity index is 2.25. The van der Waals surface area contributed by atoms with E-state index in [1.165, 1.54) is 0 Å². The van der Waals surface area contributed by atoms with Crippen molar-refractivity contribution in [3.8, 4) is 5.75 Å². The number of phenolic OH excluding ortho intramolecular Hbond substituents is 1. The lowest BCUT2D eigenvalue weighted by molar-refractivity contribution is -0.118. The Morgan fingerprint density at radius 1 is 1.41 bits per heavy atom. The summed E-state index contributed by atoms with van der Waals surface area (Å²) in [6.45, 7) is 5.06. The number of benzene rings is 1. The molecule has 0 fully saturated rings. The molecule has 0 unspecified atom stereocenters. The summed E-state index contributed by atoms with van der Waals surface area (Å²) in [4.78, 5) is 11.7. The molecule has 94 valence electrons. The van der Waals surface area contributed by atoms with E-state index in [2.05, 4.69) is 19.2 Å². The van der Waals surface area contributed by atoms with Gasteiger partial charge >= 0.3 is 0 Å². The number of phenols is 1. The van der Waals surface area contributed by atoms with Crippen molar-refractivity contribution in [2.24, 2.45) is 0 Å². The maximum Gasteiger partial charge on any atom is 0.137 e. The molecule has 0 heterocycles. The van der Waals surface area contributed by atoms with Crippen molar-refractivity contribution < 1.29 is 9.90 Å². The van der Waals surface area contributed by atoms with Gasteiger partial charge < -0.3 is 10.4 Å². The molecule has 1 rings (SSSR count). The lowest BCUT2D eigenvalue weighted by atomic mass is 10.1. The molecule has 0 aliphatic rings. The molecule has 0 aliphatic heterocycles. The summed E-state index contributed by atoms with van der Waals surface area (Å²) in [5.74, 6) is 0.443. The molecule has 0 atom stereocenters. The van der Waals surface area contributed by atoms with E-state index >= 15 is 0 Å². The van der Waals surface area contributed by atoms with Crippen LogP contribution in [0.25, 0.3) is 0 Å². The van der Waals surface area contributed by atoms with Crippen LogP contribution in [0.4, 0.5) is 0 Å². The van der Waals surface area contributed by atoms with Gasteiger partial charge in [0.05, 0.1) is 0 Å². The van der Waals surface area contributed by atoms with E-state index in [1.54, 1.807) is 18.2 Å².